The van der Waals surface area contributed by atoms with E-state index in [0.29, 0.717) is 11.5 Å². The van der Waals surface area contributed by atoms with Gasteiger partial charge in [0, 0.05) is 19.2 Å². The fraction of sp³-hybridized carbons (Fsp3) is 0.538. The molecule has 7 heteroatoms. The SMILES string of the molecule is COC1C(C)[C@@H](CO)O[C@H]1n1ccc2c(N)ncnc21. The molecular weight excluding hydrogens is 260 g/mol. The van der Waals surface area contributed by atoms with E-state index >= 15 is 0 Å². The lowest BCUT2D eigenvalue weighted by Gasteiger charge is -2.21. The largest absolute Gasteiger partial charge is 0.394 e. The summed E-state index contributed by atoms with van der Waals surface area (Å²) in [6.45, 7) is 1.97. The summed E-state index contributed by atoms with van der Waals surface area (Å²) in [5, 5.41) is 10.2. The van der Waals surface area contributed by atoms with Crippen LogP contribution in [0.1, 0.15) is 13.2 Å². The van der Waals surface area contributed by atoms with Crippen LogP contribution in [0.15, 0.2) is 18.6 Å². The third kappa shape index (κ3) is 1.86. The highest BCUT2D eigenvalue weighted by Crippen LogP contribution is 2.37. The van der Waals surface area contributed by atoms with Crippen molar-refractivity contribution in [2.24, 2.45) is 5.92 Å². The van der Waals surface area contributed by atoms with Gasteiger partial charge >= 0.3 is 0 Å². The van der Waals surface area contributed by atoms with E-state index in [0.717, 1.165) is 5.39 Å². The zero-order valence-electron chi connectivity index (χ0n) is 11.4. The van der Waals surface area contributed by atoms with Gasteiger partial charge in [-0.3, -0.25) is 0 Å². The summed E-state index contributed by atoms with van der Waals surface area (Å²) in [6.07, 6.45) is 2.55. The number of anilines is 1. The highest BCUT2D eigenvalue weighted by Gasteiger charge is 2.43. The lowest BCUT2D eigenvalue weighted by atomic mass is 10.0. The van der Waals surface area contributed by atoms with Crippen molar-refractivity contribution in [3.63, 3.8) is 0 Å². The Morgan fingerprint density at radius 2 is 2.30 bits per heavy atom. The number of aliphatic hydroxyl groups is 1. The van der Waals surface area contributed by atoms with Gasteiger partial charge in [-0.15, -0.1) is 0 Å². The van der Waals surface area contributed by atoms with Crippen molar-refractivity contribution in [3.8, 4) is 0 Å². The van der Waals surface area contributed by atoms with Gasteiger partial charge in [0.15, 0.2) is 6.23 Å². The van der Waals surface area contributed by atoms with Crippen LogP contribution in [0.3, 0.4) is 0 Å². The van der Waals surface area contributed by atoms with E-state index in [2.05, 4.69) is 9.97 Å². The molecule has 2 unspecified atom stereocenters. The summed E-state index contributed by atoms with van der Waals surface area (Å²) in [4.78, 5) is 8.24. The highest BCUT2D eigenvalue weighted by atomic mass is 16.6. The molecule has 0 saturated carbocycles. The molecule has 3 rings (SSSR count). The molecule has 4 atom stereocenters. The zero-order chi connectivity index (χ0) is 14.3. The van der Waals surface area contributed by atoms with Gasteiger partial charge < -0.3 is 24.9 Å². The fourth-order valence-corrected chi connectivity index (χ4v) is 2.81. The number of nitrogens with two attached hydrogens (primary N) is 1. The van der Waals surface area contributed by atoms with Crippen LogP contribution in [0.25, 0.3) is 11.0 Å². The Morgan fingerprint density at radius 3 is 3.00 bits per heavy atom. The zero-order valence-corrected chi connectivity index (χ0v) is 11.4. The lowest BCUT2D eigenvalue weighted by molar-refractivity contribution is -0.0580. The summed E-state index contributed by atoms with van der Waals surface area (Å²) in [7, 11) is 1.65. The first kappa shape index (κ1) is 13.3. The van der Waals surface area contributed by atoms with Gasteiger partial charge in [0.05, 0.1) is 18.1 Å². The minimum atomic E-state index is -0.334. The van der Waals surface area contributed by atoms with Crippen LogP contribution in [0.2, 0.25) is 0 Å². The molecule has 0 radical (unpaired) electrons. The molecule has 0 aliphatic carbocycles. The van der Waals surface area contributed by atoms with Crippen LogP contribution in [-0.2, 0) is 9.47 Å². The van der Waals surface area contributed by atoms with Gasteiger partial charge in [-0.05, 0) is 6.07 Å². The quantitative estimate of drug-likeness (QED) is 0.851. The topological polar surface area (TPSA) is 95.4 Å². The van der Waals surface area contributed by atoms with Crippen molar-refractivity contribution in [1.29, 1.82) is 0 Å². The van der Waals surface area contributed by atoms with Gasteiger partial charge in [-0.1, -0.05) is 6.92 Å². The van der Waals surface area contributed by atoms with Crippen LogP contribution in [0.4, 0.5) is 5.82 Å². The highest BCUT2D eigenvalue weighted by molar-refractivity contribution is 5.86. The lowest BCUT2D eigenvalue weighted by Crippen LogP contribution is -2.27. The van der Waals surface area contributed by atoms with Crippen molar-refractivity contribution < 1.29 is 14.6 Å². The Hall–Kier alpha value is -1.70. The van der Waals surface area contributed by atoms with Gasteiger partial charge in [0.1, 0.15) is 23.9 Å². The molecule has 108 valence electrons. The number of aliphatic hydroxyl groups excluding tert-OH is 1. The van der Waals surface area contributed by atoms with E-state index in [1.54, 1.807) is 7.11 Å². The van der Waals surface area contributed by atoms with Crippen molar-refractivity contribution in [2.45, 2.75) is 25.4 Å². The number of nitrogens with zero attached hydrogens (tertiary/aromatic N) is 3. The molecule has 3 heterocycles. The number of rotatable bonds is 3. The first-order chi connectivity index (χ1) is 9.67. The Balaban J connectivity index is 2.04. The number of methoxy groups -OCH3 is 1. The van der Waals surface area contributed by atoms with E-state index in [1.807, 2.05) is 23.8 Å². The second-order valence-corrected chi connectivity index (χ2v) is 5.03. The summed E-state index contributed by atoms with van der Waals surface area (Å²) >= 11 is 0. The van der Waals surface area contributed by atoms with E-state index < -0.39 is 0 Å². The molecule has 2 aromatic heterocycles. The molecule has 3 N–H and O–H groups in total. The first-order valence-corrected chi connectivity index (χ1v) is 6.53. The monoisotopic (exact) mass is 278 g/mol. The molecule has 1 fully saturated rings. The Labute approximate surface area is 116 Å². The van der Waals surface area contributed by atoms with Crippen LogP contribution in [0.5, 0.6) is 0 Å². The number of hydrogen-bond donors (Lipinski definition) is 2. The normalized spacial score (nSPS) is 30.1. The molecule has 20 heavy (non-hydrogen) atoms. The van der Waals surface area contributed by atoms with Gasteiger partial charge in [0.25, 0.3) is 0 Å². The third-order valence-electron chi connectivity index (χ3n) is 3.97. The van der Waals surface area contributed by atoms with Crippen LogP contribution in [0, 0.1) is 5.92 Å². The molecular formula is C13H18N4O3. The number of ether oxygens (including phenoxy) is 2. The predicted octanol–water partition coefficient (Wildman–Crippen LogP) is 0.554. The maximum atomic E-state index is 9.39. The minimum absolute atomic E-state index is 0.0339. The average molecular weight is 278 g/mol. The average Bonchev–Trinajstić information content (AvgIpc) is 3.00. The number of aromatic nitrogens is 3. The van der Waals surface area contributed by atoms with E-state index in [-0.39, 0.29) is 31.0 Å². The van der Waals surface area contributed by atoms with Gasteiger partial charge in [-0.25, -0.2) is 9.97 Å². The van der Waals surface area contributed by atoms with Crippen molar-refractivity contribution >= 4 is 16.9 Å². The minimum Gasteiger partial charge on any atom is -0.394 e. The predicted molar refractivity (Wildman–Crippen MR) is 72.9 cm³/mol. The molecule has 1 aliphatic heterocycles. The molecule has 0 aromatic carbocycles. The van der Waals surface area contributed by atoms with E-state index in [1.165, 1.54) is 6.33 Å². The Kier molecular flexibility index (Phi) is 3.33. The summed E-state index contributed by atoms with van der Waals surface area (Å²) in [5.41, 5.74) is 6.54. The molecule has 7 nitrogen and oxygen atoms in total. The molecule has 0 amide bonds. The molecule has 2 aromatic rings. The van der Waals surface area contributed by atoms with Gasteiger partial charge in [-0.2, -0.15) is 0 Å². The van der Waals surface area contributed by atoms with Gasteiger partial charge in [0.2, 0.25) is 0 Å². The molecule has 1 saturated heterocycles. The molecule has 1 aliphatic rings. The summed E-state index contributed by atoms with van der Waals surface area (Å²) in [5.74, 6) is 0.527. The number of fused-ring (bicyclic) bond motifs is 1. The Bertz CT molecular complexity index is 615. The van der Waals surface area contributed by atoms with Crippen LogP contribution >= 0.6 is 0 Å². The standard InChI is InChI=1S/C13H18N4O3/c1-7-9(5-18)20-13(10(7)19-2)17-4-3-8-11(14)15-6-16-12(8)17/h3-4,6-7,9-10,13,18H,5H2,1-2H3,(H2,14,15,16)/t7?,9-,10?,13-/m1/s1. The van der Waals surface area contributed by atoms with Crippen molar-refractivity contribution in [3.05, 3.63) is 18.6 Å². The fourth-order valence-electron chi connectivity index (χ4n) is 2.81. The first-order valence-electron chi connectivity index (χ1n) is 6.53. The second-order valence-electron chi connectivity index (χ2n) is 5.03. The van der Waals surface area contributed by atoms with Crippen LogP contribution in [-0.4, -0.2) is 45.6 Å². The maximum Gasteiger partial charge on any atom is 0.162 e. The number of hydrogen-bond acceptors (Lipinski definition) is 6. The maximum absolute atomic E-state index is 9.39. The molecule has 0 bridgehead atoms. The Morgan fingerprint density at radius 1 is 1.50 bits per heavy atom. The smallest absolute Gasteiger partial charge is 0.162 e. The summed E-state index contributed by atoms with van der Waals surface area (Å²) in [6, 6.07) is 1.86. The second kappa shape index (κ2) is 5.01. The van der Waals surface area contributed by atoms with Crippen molar-refractivity contribution in [1.82, 2.24) is 14.5 Å². The van der Waals surface area contributed by atoms with E-state index in [9.17, 15) is 5.11 Å². The van der Waals surface area contributed by atoms with E-state index in [4.69, 9.17) is 15.2 Å². The van der Waals surface area contributed by atoms with Crippen molar-refractivity contribution in [2.75, 3.05) is 19.5 Å². The summed E-state index contributed by atoms with van der Waals surface area (Å²) < 4.78 is 13.3. The third-order valence-corrected chi connectivity index (χ3v) is 3.97. The van der Waals surface area contributed by atoms with Crippen LogP contribution < -0.4 is 5.73 Å². The number of nitrogen functional groups attached to an aromatic ring is 1. The molecule has 0 spiro atoms.